The van der Waals surface area contributed by atoms with Crippen LogP contribution in [0.4, 0.5) is 19.2 Å². The van der Waals surface area contributed by atoms with Gasteiger partial charge in [0.25, 0.3) is 5.89 Å². The molecule has 86 valence electrons. The molecular weight excluding hydrogens is 239 g/mol. The van der Waals surface area contributed by atoms with E-state index in [0.717, 1.165) is 6.07 Å². The summed E-state index contributed by atoms with van der Waals surface area (Å²) in [5, 5.41) is 9.55. The molecule has 1 aromatic carbocycles. The normalized spacial score (nSPS) is 10.1. The van der Waals surface area contributed by atoms with Gasteiger partial charge in [-0.3, -0.25) is 0 Å². The minimum atomic E-state index is -1.65. The molecule has 2 rings (SSSR count). The topological polar surface area (TPSA) is 87.7 Å². The first-order valence-electron chi connectivity index (χ1n) is 4.16. The summed E-state index contributed by atoms with van der Waals surface area (Å²) in [5.41, 5.74) is 7.66. The Bertz CT molecular complexity index is 620. The molecule has 0 aliphatic heterocycles. The lowest BCUT2D eigenvalue weighted by atomic mass is 10.2. The molecule has 0 saturated carbocycles. The predicted molar refractivity (Wildman–Crippen MR) is 48.4 cm³/mol. The van der Waals surface area contributed by atoms with Crippen LogP contribution >= 0.6 is 0 Å². The van der Waals surface area contributed by atoms with Crippen LogP contribution in [0.1, 0.15) is 0 Å². The Kier molecular flexibility index (Phi) is 2.67. The number of halogens is 3. The van der Waals surface area contributed by atoms with Crippen molar-refractivity contribution in [3.63, 3.8) is 0 Å². The zero-order valence-electron chi connectivity index (χ0n) is 7.93. The van der Waals surface area contributed by atoms with Crippen molar-refractivity contribution in [1.82, 2.24) is 10.2 Å². The van der Waals surface area contributed by atoms with Crippen molar-refractivity contribution in [1.29, 1.82) is 0 Å². The zero-order valence-corrected chi connectivity index (χ0v) is 7.93. The van der Waals surface area contributed by atoms with E-state index in [1.165, 1.54) is 0 Å². The fraction of sp³-hybridized carbons (Fsp3) is 0. The molecule has 0 bridgehead atoms. The molecule has 1 aromatic heterocycles. The number of aromatic nitrogens is 2. The molecule has 0 aliphatic carbocycles. The van der Waals surface area contributed by atoms with Gasteiger partial charge in [0, 0.05) is 10.0 Å². The summed E-state index contributed by atoms with van der Waals surface area (Å²) in [4.78, 5) is 2.37. The van der Waals surface area contributed by atoms with Crippen LogP contribution in [0.25, 0.3) is 21.9 Å². The van der Waals surface area contributed by atoms with E-state index >= 15 is 0 Å². The first-order valence-corrected chi connectivity index (χ1v) is 4.16. The van der Waals surface area contributed by atoms with Gasteiger partial charge in [0.1, 0.15) is 0 Å². The maximum Gasteiger partial charge on any atom is 0.304 e. The number of benzene rings is 1. The Morgan fingerprint density at radius 2 is 1.94 bits per heavy atom. The van der Waals surface area contributed by atoms with Crippen molar-refractivity contribution in [2.24, 2.45) is 5.11 Å². The van der Waals surface area contributed by atoms with E-state index in [4.69, 9.17) is 9.95 Å². The average Bonchev–Trinajstić information content (AvgIpc) is 2.75. The molecule has 0 atom stereocenters. The lowest BCUT2D eigenvalue weighted by Crippen LogP contribution is -1.93. The molecule has 0 radical (unpaired) electrons. The first-order chi connectivity index (χ1) is 8.13. The highest BCUT2D eigenvalue weighted by Crippen LogP contribution is 2.26. The van der Waals surface area contributed by atoms with Gasteiger partial charge in [-0.15, -0.1) is 10.2 Å². The van der Waals surface area contributed by atoms with Gasteiger partial charge in [0.2, 0.25) is 0 Å². The second-order valence-electron chi connectivity index (χ2n) is 2.80. The van der Waals surface area contributed by atoms with Crippen molar-refractivity contribution >= 4 is 6.01 Å². The van der Waals surface area contributed by atoms with Crippen molar-refractivity contribution in [2.75, 3.05) is 0 Å². The molecule has 0 spiro atoms. The summed E-state index contributed by atoms with van der Waals surface area (Å²) < 4.78 is 43.6. The third-order valence-electron chi connectivity index (χ3n) is 1.81. The largest absolute Gasteiger partial charge is 0.414 e. The SMILES string of the molecule is [N-]=[N+]=Nc1nnc(-c2ccc(F)c(F)c2F)o1. The van der Waals surface area contributed by atoms with Crippen LogP contribution in [-0.2, 0) is 0 Å². The summed E-state index contributed by atoms with van der Waals surface area (Å²) in [6.07, 6.45) is 0. The van der Waals surface area contributed by atoms with Crippen LogP contribution in [0.2, 0.25) is 0 Å². The number of rotatable bonds is 2. The fourth-order valence-electron chi connectivity index (χ4n) is 1.09. The number of hydrogen-bond acceptors (Lipinski definition) is 4. The van der Waals surface area contributed by atoms with Gasteiger partial charge in [-0.1, -0.05) is 0 Å². The Balaban J connectivity index is 2.53. The Labute approximate surface area is 91.3 Å². The monoisotopic (exact) mass is 241 g/mol. The van der Waals surface area contributed by atoms with E-state index in [9.17, 15) is 13.2 Å². The molecule has 0 unspecified atom stereocenters. The Morgan fingerprint density at radius 1 is 1.18 bits per heavy atom. The second-order valence-corrected chi connectivity index (χ2v) is 2.80. The van der Waals surface area contributed by atoms with Gasteiger partial charge in [0.05, 0.1) is 5.56 Å². The molecule has 2 aromatic rings. The van der Waals surface area contributed by atoms with E-state index in [0.29, 0.717) is 6.07 Å². The maximum absolute atomic E-state index is 13.3. The van der Waals surface area contributed by atoms with E-state index in [1.54, 1.807) is 0 Å². The fourth-order valence-corrected chi connectivity index (χ4v) is 1.09. The van der Waals surface area contributed by atoms with Crippen LogP contribution in [0.15, 0.2) is 21.7 Å². The summed E-state index contributed by atoms with van der Waals surface area (Å²) >= 11 is 0. The molecule has 6 nitrogen and oxygen atoms in total. The van der Waals surface area contributed by atoms with E-state index < -0.39 is 34.9 Å². The van der Waals surface area contributed by atoms with Crippen molar-refractivity contribution < 1.29 is 17.6 Å². The van der Waals surface area contributed by atoms with Gasteiger partial charge in [-0.05, 0) is 17.7 Å². The quantitative estimate of drug-likeness (QED) is 0.350. The summed E-state index contributed by atoms with van der Waals surface area (Å²) in [6, 6.07) is 1.19. The highest BCUT2D eigenvalue weighted by molar-refractivity contribution is 5.54. The number of azide groups is 1. The Hall–Kier alpha value is -2.54. The van der Waals surface area contributed by atoms with Crippen LogP contribution in [0, 0.1) is 17.5 Å². The van der Waals surface area contributed by atoms with E-state index in [-0.39, 0.29) is 0 Å². The highest BCUT2D eigenvalue weighted by atomic mass is 19.2. The van der Waals surface area contributed by atoms with Crippen LogP contribution in [0.5, 0.6) is 0 Å². The maximum atomic E-state index is 13.3. The molecule has 17 heavy (non-hydrogen) atoms. The molecule has 0 fully saturated rings. The smallest absolute Gasteiger partial charge is 0.304 e. The molecule has 0 aliphatic rings. The third kappa shape index (κ3) is 1.91. The Morgan fingerprint density at radius 3 is 2.65 bits per heavy atom. The first kappa shape index (κ1) is 11.0. The summed E-state index contributed by atoms with van der Waals surface area (Å²) in [6.45, 7) is 0. The third-order valence-corrected chi connectivity index (χ3v) is 1.81. The van der Waals surface area contributed by atoms with Gasteiger partial charge >= 0.3 is 6.01 Å². The van der Waals surface area contributed by atoms with Gasteiger partial charge in [-0.2, -0.15) is 0 Å². The molecule has 0 amide bonds. The second kappa shape index (κ2) is 4.14. The summed E-state index contributed by atoms with van der Waals surface area (Å²) in [5.74, 6) is -4.85. The lowest BCUT2D eigenvalue weighted by molar-refractivity contribution is 0.446. The van der Waals surface area contributed by atoms with Crippen molar-refractivity contribution in [3.05, 3.63) is 40.0 Å². The number of hydrogen-bond donors (Lipinski definition) is 0. The molecule has 1 heterocycles. The van der Waals surface area contributed by atoms with E-state index in [1.807, 2.05) is 0 Å². The molecular formula is C8H2F3N5O. The molecule has 9 heteroatoms. The van der Waals surface area contributed by atoms with E-state index in [2.05, 4.69) is 20.2 Å². The van der Waals surface area contributed by atoms with Gasteiger partial charge < -0.3 is 4.42 Å². The molecule has 0 saturated heterocycles. The van der Waals surface area contributed by atoms with Gasteiger partial charge in [0.15, 0.2) is 17.5 Å². The van der Waals surface area contributed by atoms with Crippen LogP contribution in [0.3, 0.4) is 0 Å². The van der Waals surface area contributed by atoms with Crippen LogP contribution < -0.4 is 0 Å². The zero-order chi connectivity index (χ0) is 12.4. The van der Waals surface area contributed by atoms with Gasteiger partial charge in [-0.25, -0.2) is 13.2 Å². The minimum Gasteiger partial charge on any atom is -0.414 e. The van der Waals surface area contributed by atoms with Crippen LogP contribution in [-0.4, -0.2) is 10.2 Å². The number of nitrogens with zero attached hydrogens (tertiary/aromatic N) is 5. The van der Waals surface area contributed by atoms with Crippen molar-refractivity contribution in [2.45, 2.75) is 0 Å². The minimum absolute atomic E-state index is 0.413. The predicted octanol–water partition coefficient (Wildman–Crippen LogP) is 3.10. The lowest BCUT2D eigenvalue weighted by Gasteiger charge is -1.99. The average molecular weight is 241 g/mol. The highest BCUT2D eigenvalue weighted by Gasteiger charge is 2.18. The van der Waals surface area contributed by atoms with Crippen molar-refractivity contribution in [3.8, 4) is 11.5 Å². The molecule has 0 N–H and O–H groups in total. The standard InChI is InChI=1S/C8H2F3N5O/c9-4-2-1-3(5(10)6(4)11)7-13-14-8(17-7)15-16-12/h1-2H. The summed E-state index contributed by atoms with van der Waals surface area (Å²) in [7, 11) is 0.